The molecule has 3 heterocycles. The maximum atomic E-state index is 14.1. The van der Waals surface area contributed by atoms with E-state index in [4.69, 9.17) is 4.74 Å². The Bertz CT molecular complexity index is 2360. The molecule has 5 aromatic rings. The summed E-state index contributed by atoms with van der Waals surface area (Å²) in [4.78, 5) is 69.7. The molecule has 2 bridgehead atoms. The van der Waals surface area contributed by atoms with E-state index in [1.165, 1.54) is 29.2 Å². The molecular weight excluding hydrogens is 756 g/mol. The monoisotopic (exact) mass is 782 g/mol. The number of amides is 3. The minimum Gasteiger partial charge on any atom is -0.483 e. The number of non-ortho nitro benzene ring substituents is 1. The molecule has 4 aliphatic rings. The number of hydrogen-bond donors (Lipinski definition) is 2. The first-order valence-electron chi connectivity index (χ1n) is 16.4. The summed E-state index contributed by atoms with van der Waals surface area (Å²) in [5.41, 5.74) is 1.65. The Morgan fingerprint density at radius 1 is 0.961 bits per heavy atom. The van der Waals surface area contributed by atoms with Gasteiger partial charge in [0.2, 0.25) is 11.8 Å². The molecule has 1 saturated heterocycles. The number of aromatic nitrogens is 1. The van der Waals surface area contributed by atoms with Crippen molar-refractivity contribution in [3.63, 3.8) is 0 Å². The van der Waals surface area contributed by atoms with Gasteiger partial charge in [0.05, 0.1) is 27.5 Å². The molecular formula is C37H27BrN4O7S2. The van der Waals surface area contributed by atoms with Crippen LogP contribution < -0.4 is 19.8 Å². The summed E-state index contributed by atoms with van der Waals surface area (Å²) >= 11 is 6.34. The number of rotatable bonds is 7. The van der Waals surface area contributed by atoms with Crippen molar-refractivity contribution in [2.45, 2.75) is 22.6 Å². The third-order valence-corrected chi connectivity index (χ3v) is 13.8. The Hall–Kier alpha value is -4.79. The Kier molecular flexibility index (Phi) is 7.67. The number of nitro benzene ring substituents is 1. The van der Waals surface area contributed by atoms with Crippen molar-refractivity contribution in [3.05, 3.63) is 120 Å². The summed E-state index contributed by atoms with van der Waals surface area (Å²) in [5, 5.41) is 16.9. The number of hydrogen-bond acceptors (Lipinski definition) is 9. The van der Waals surface area contributed by atoms with Gasteiger partial charge in [0.25, 0.3) is 11.6 Å². The van der Waals surface area contributed by atoms with Crippen LogP contribution in [0.15, 0.2) is 99.2 Å². The minimum absolute atomic E-state index is 0.0596. The fourth-order valence-corrected chi connectivity index (χ4v) is 12.1. The highest BCUT2D eigenvalue weighted by Crippen LogP contribution is 2.69. The number of imide groups is 1. The number of nitrogens with one attached hydrogen (secondary N) is 2. The average molecular weight is 784 g/mol. The van der Waals surface area contributed by atoms with E-state index >= 15 is 0 Å². The number of fused-ring (bicyclic) bond motifs is 10. The maximum absolute atomic E-state index is 14.1. The van der Waals surface area contributed by atoms with Crippen LogP contribution in [0.3, 0.4) is 0 Å². The molecule has 11 nitrogen and oxygen atoms in total. The number of carbonyl (C=O) groups excluding carboxylic acids is 3. The molecule has 3 fully saturated rings. The molecule has 7 atom stereocenters. The number of ether oxygens (including phenoxy) is 1. The van der Waals surface area contributed by atoms with Crippen molar-refractivity contribution in [2.75, 3.05) is 16.8 Å². The van der Waals surface area contributed by atoms with Gasteiger partial charge in [0, 0.05) is 43.9 Å². The van der Waals surface area contributed by atoms with Crippen LogP contribution in [0.2, 0.25) is 0 Å². The number of thiazole rings is 1. The number of nitrogens with zero attached hydrogens (tertiary/aromatic N) is 2. The van der Waals surface area contributed by atoms with Crippen LogP contribution in [0.4, 0.5) is 17.1 Å². The van der Waals surface area contributed by atoms with Gasteiger partial charge in [-0.1, -0.05) is 57.6 Å². The van der Waals surface area contributed by atoms with Gasteiger partial charge in [-0.3, -0.25) is 34.2 Å². The van der Waals surface area contributed by atoms with Crippen LogP contribution in [0.25, 0.3) is 10.8 Å². The summed E-state index contributed by atoms with van der Waals surface area (Å²) < 4.78 is 7.04. The normalized spacial score (nSPS) is 25.8. The Balaban J connectivity index is 1.03. The maximum Gasteiger partial charge on any atom is 0.305 e. The second-order valence-corrected chi connectivity index (χ2v) is 16.4. The highest BCUT2D eigenvalue weighted by molar-refractivity contribution is 9.10. The summed E-state index contributed by atoms with van der Waals surface area (Å²) in [6.07, 6.45) is 0.692. The number of anilines is 2. The van der Waals surface area contributed by atoms with Gasteiger partial charge in [0.15, 0.2) is 6.61 Å². The van der Waals surface area contributed by atoms with Gasteiger partial charge in [-0.2, -0.15) is 0 Å². The summed E-state index contributed by atoms with van der Waals surface area (Å²) in [7, 11) is 0. The van der Waals surface area contributed by atoms with E-state index < -0.39 is 16.8 Å². The predicted molar refractivity (Wildman–Crippen MR) is 196 cm³/mol. The van der Waals surface area contributed by atoms with E-state index in [0.717, 1.165) is 42.0 Å². The molecule has 51 heavy (non-hydrogen) atoms. The number of thioether (sulfide) groups is 1. The highest BCUT2D eigenvalue weighted by atomic mass is 79.9. The second kappa shape index (κ2) is 12.2. The Morgan fingerprint density at radius 3 is 2.47 bits per heavy atom. The van der Waals surface area contributed by atoms with Gasteiger partial charge in [-0.05, 0) is 77.4 Å². The van der Waals surface area contributed by atoms with Crippen LogP contribution in [0.5, 0.6) is 5.75 Å². The number of H-pyrrole nitrogens is 1. The third kappa shape index (κ3) is 5.22. The van der Waals surface area contributed by atoms with Gasteiger partial charge in [-0.15, -0.1) is 11.8 Å². The van der Waals surface area contributed by atoms with E-state index in [2.05, 4.69) is 26.2 Å². The van der Waals surface area contributed by atoms with E-state index in [1.807, 2.05) is 60.7 Å². The lowest BCUT2D eigenvalue weighted by Crippen LogP contribution is -2.42. The van der Waals surface area contributed by atoms with E-state index in [9.17, 15) is 29.3 Å². The van der Waals surface area contributed by atoms with Crippen molar-refractivity contribution >= 4 is 84.6 Å². The second-order valence-electron chi connectivity index (χ2n) is 13.3. The lowest BCUT2D eigenvalue weighted by Gasteiger charge is -2.43. The van der Waals surface area contributed by atoms with Gasteiger partial charge < -0.3 is 15.0 Å². The van der Waals surface area contributed by atoms with Crippen LogP contribution in [0.1, 0.15) is 22.8 Å². The first-order chi connectivity index (χ1) is 24.7. The van der Waals surface area contributed by atoms with E-state index in [0.29, 0.717) is 23.5 Å². The highest BCUT2D eigenvalue weighted by Gasteiger charge is 2.70. The zero-order valence-electron chi connectivity index (χ0n) is 26.5. The molecule has 0 radical (unpaired) electrons. The molecule has 1 aromatic heterocycles. The lowest BCUT2D eigenvalue weighted by molar-refractivity contribution is -0.384. The molecule has 2 N–H and O–H groups in total. The molecule has 2 aliphatic heterocycles. The van der Waals surface area contributed by atoms with Crippen LogP contribution >= 0.6 is 39.0 Å². The first kappa shape index (κ1) is 32.1. The summed E-state index contributed by atoms with van der Waals surface area (Å²) in [6, 6.07) is 24.7. The number of nitro groups is 1. The minimum atomic E-state index is -0.552. The fraction of sp³-hybridized carbons (Fsp3) is 0.243. The van der Waals surface area contributed by atoms with Crippen LogP contribution in [0, 0.1) is 39.7 Å². The van der Waals surface area contributed by atoms with Crippen LogP contribution in [-0.2, 0) is 14.4 Å². The molecule has 4 aromatic carbocycles. The molecule has 6 unspecified atom stereocenters. The number of aromatic amines is 1. The standard InChI is InChI=1S/C37H27BrN4O7S2/c38-19-6-12-26(49-16-27(43)39-20-7-5-17-3-1-2-4-18(17)13-20)23(14-19)28-29-24-15-25(32(29)50-34-33(28)51-37(46)40-34)31-30(24)35(44)41(36(31)45)21-8-10-22(11-9-21)42(47)48/h1-14,24-25,28-32H,15-16H2,(H,39,43)(H,40,46)/t24?,25?,28-,29?,30?,31?,32?/m1/s1. The van der Waals surface area contributed by atoms with E-state index in [-0.39, 0.29) is 63.8 Å². The van der Waals surface area contributed by atoms with Crippen molar-refractivity contribution in [1.82, 2.24) is 4.98 Å². The quantitative estimate of drug-likeness (QED) is 0.102. The molecule has 3 amide bonds. The topological polar surface area (TPSA) is 152 Å². The Morgan fingerprint density at radius 2 is 1.71 bits per heavy atom. The van der Waals surface area contributed by atoms with Crippen molar-refractivity contribution < 1.29 is 24.0 Å². The number of benzene rings is 4. The fourth-order valence-electron chi connectivity index (χ4n) is 8.84. The average Bonchev–Trinajstić information content (AvgIpc) is 3.86. The van der Waals surface area contributed by atoms with Crippen molar-refractivity contribution in [2.24, 2.45) is 29.6 Å². The van der Waals surface area contributed by atoms with Crippen molar-refractivity contribution in [3.8, 4) is 5.75 Å². The summed E-state index contributed by atoms with van der Waals surface area (Å²) in [5.74, 6) is -2.18. The molecule has 2 aliphatic carbocycles. The van der Waals surface area contributed by atoms with E-state index in [1.54, 1.807) is 11.8 Å². The molecule has 0 spiro atoms. The van der Waals surface area contributed by atoms with Crippen LogP contribution in [-0.4, -0.2) is 39.5 Å². The molecule has 9 rings (SSSR count). The predicted octanol–water partition coefficient (Wildman–Crippen LogP) is 6.96. The molecule has 14 heteroatoms. The van der Waals surface area contributed by atoms with Gasteiger partial charge >= 0.3 is 4.87 Å². The lowest BCUT2D eigenvalue weighted by atomic mass is 9.68. The smallest absolute Gasteiger partial charge is 0.305 e. The number of carbonyl (C=O) groups is 3. The first-order valence-corrected chi connectivity index (χ1v) is 18.9. The van der Waals surface area contributed by atoms with Crippen molar-refractivity contribution in [1.29, 1.82) is 0 Å². The molecule has 2 saturated carbocycles. The van der Waals surface area contributed by atoms with Gasteiger partial charge in [-0.25, -0.2) is 0 Å². The third-order valence-electron chi connectivity index (χ3n) is 10.7. The Labute approximate surface area is 306 Å². The largest absolute Gasteiger partial charge is 0.483 e. The van der Waals surface area contributed by atoms with Gasteiger partial charge in [0.1, 0.15) is 5.75 Å². The summed E-state index contributed by atoms with van der Waals surface area (Å²) in [6.45, 7) is -0.249. The molecule has 256 valence electrons. The number of halogens is 1. The zero-order chi connectivity index (χ0) is 35.1. The zero-order valence-corrected chi connectivity index (χ0v) is 29.7. The SMILES string of the molecule is O=C(COc1ccc(Br)cc1[C@H]1c2sc(=O)[nH]c2SC2C3CC(C4C(=O)N(c5ccc([N+](=O)[O-])cc5)C(=O)C34)C21)Nc1ccc2ccccc2c1.